The number of benzene rings is 2. The molecule has 1 N–H and O–H groups in total. The normalized spacial score (nSPS) is 20.0. The van der Waals surface area contributed by atoms with Crippen LogP contribution in [-0.4, -0.2) is 51.1 Å². The minimum Gasteiger partial charge on any atom is -0.486 e. The van der Waals surface area contributed by atoms with Gasteiger partial charge >= 0.3 is 0 Å². The summed E-state index contributed by atoms with van der Waals surface area (Å²) >= 11 is 0. The molecule has 29 heavy (non-hydrogen) atoms. The Labute approximate surface area is 172 Å². The van der Waals surface area contributed by atoms with Crippen molar-refractivity contribution in [2.24, 2.45) is 0 Å². The number of rotatable bonds is 6. The zero-order valence-corrected chi connectivity index (χ0v) is 17.5. The predicted molar refractivity (Wildman–Crippen MR) is 112 cm³/mol. The van der Waals surface area contributed by atoms with E-state index in [1.165, 1.54) is 0 Å². The lowest BCUT2D eigenvalue weighted by molar-refractivity contribution is 0.0666. The molecule has 0 radical (unpaired) electrons. The van der Waals surface area contributed by atoms with E-state index < -0.39 is 10.0 Å². The van der Waals surface area contributed by atoms with Gasteiger partial charge in [0.05, 0.1) is 11.4 Å². The lowest BCUT2D eigenvalue weighted by atomic mass is 10.1. The van der Waals surface area contributed by atoms with Crippen molar-refractivity contribution in [3.8, 4) is 11.5 Å². The number of piperidine rings is 1. The third-order valence-electron chi connectivity index (χ3n) is 5.61. The van der Waals surface area contributed by atoms with Crippen molar-refractivity contribution in [2.75, 3.05) is 26.2 Å². The van der Waals surface area contributed by atoms with Gasteiger partial charge in [0.15, 0.2) is 11.5 Å². The van der Waals surface area contributed by atoms with Crippen LogP contribution >= 0.6 is 0 Å². The Kier molecular flexibility index (Phi) is 6.08. The number of hydrogen-bond donors (Lipinski definition) is 1. The van der Waals surface area contributed by atoms with Gasteiger partial charge in [0.2, 0.25) is 10.0 Å². The van der Waals surface area contributed by atoms with Crippen molar-refractivity contribution in [3.05, 3.63) is 54.1 Å². The summed E-state index contributed by atoms with van der Waals surface area (Å²) in [6.45, 7) is 4.30. The molecule has 0 spiro atoms. The molecule has 2 aromatic rings. The number of fused-ring (bicyclic) bond motifs is 1. The number of sulfonamides is 1. The average molecular weight is 417 g/mol. The van der Waals surface area contributed by atoms with Crippen LogP contribution in [0, 0.1) is 0 Å². The zero-order chi connectivity index (χ0) is 20.3. The van der Waals surface area contributed by atoms with Crippen molar-refractivity contribution < 1.29 is 17.9 Å². The van der Waals surface area contributed by atoms with Crippen molar-refractivity contribution in [1.82, 2.24) is 9.62 Å². The highest BCUT2D eigenvalue weighted by atomic mass is 32.2. The van der Waals surface area contributed by atoms with Gasteiger partial charge in [-0.25, -0.2) is 8.42 Å². The zero-order valence-electron chi connectivity index (χ0n) is 16.7. The summed E-state index contributed by atoms with van der Waals surface area (Å²) in [6, 6.07) is 14.7. The molecule has 1 saturated heterocycles. The molecule has 7 heteroatoms. The second kappa shape index (κ2) is 8.73. The number of nitrogens with zero attached hydrogens (tertiary/aromatic N) is 1. The Balaban J connectivity index is 1.59. The Morgan fingerprint density at radius 3 is 2.41 bits per heavy atom. The van der Waals surface area contributed by atoms with Crippen LogP contribution in [-0.2, 0) is 16.4 Å². The monoisotopic (exact) mass is 416 g/mol. The molecule has 4 rings (SSSR count). The van der Waals surface area contributed by atoms with Gasteiger partial charge in [-0.2, -0.15) is 4.31 Å². The van der Waals surface area contributed by atoms with E-state index in [4.69, 9.17) is 9.47 Å². The second-order valence-electron chi connectivity index (χ2n) is 7.55. The summed E-state index contributed by atoms with van der Waals surface area (Å²) in [5, 5.41) is 3.32. The summed E-state index contributed by atoms with van der Waals surface area (Å²) in [6.07, 6.45) is 2.11. The summed E-state index contributed by atoms with van der Waals surface area (Å²) in [7, 11) is -3.63. The lowest BCUT2D eigenvalue weighted by Crippen LogP contribution is -2.51. The highest BCUT2D eigenvalue weighted by Crippen LogP contribution is 2.32. The first kappa shape index (κ1) is 20.2. The minimum absolute atomic E-state index is 0.0483. The van der Waals surface area contributed by atoms with Gasteiger partial charge < -0.3 is 14.8 Å². The summed E-state index contributed by atoms with van der Waals surface area (Å²) in [4.78, 5) is 0.338. The van der Waals surface area contributed by atoms with E-state index in [-0.39, 0.29) is 18.7 Å². The topological polar surface area (TPSA) is 67.9 Å². The average Bonchev–Trinajstić information content (AvgIpc) is 2.78. The molecule has 0 bridgehead atoms. The molecule has 2 heterocycles. The first-order valence-corrected chi connectivity index (χ1v) is 11.7. The first-order valence-electron chi connectivity index (χ1n) is 10.3. The molecule has 2 aliphatic heterocycles. The largest absolute Gasteiger partial charge is 0.486 e. The molecular weight excluding hydrogens is 388 g/mol. The van der Waals surface area contributed by atoms with Gasteiger partial charge in [-0.3, -0.25) is 0 Å². The molecule has 156 valence electrons. The molecule has 1 unspecified atom stereocenters. The quantitative estimate of drug-likeness (QED) is 0.784. The highest BCUT2D eigenvalue weighted by molar-refractivity contribution is 7.89. The van der Waals surface area contributed by atoms with Gasteiger partial charge in [0.25, 0.3) is 0 Å². The van der Waals surface area contributed by atoms with Crippen LogP contribution in [0.5, 0.6) is 11.5 Å². The maximum atomic E-state index is 13.6. The van der Waals surface area contributed by atoms with Crippen LogP contribution in [0.1, 0.15) is 25.3 Å². The fourth-order valence-electron chi connectivity index (χ4n) is 3.92. The second-order valence-corrected chi connectivity index (χ2v) is 9.44. The third-order valence-corrected chi connectivity index (χ3v) is 7.54. The van der Waals surface area contributed by atoms with E-state index in [1.54, 1.807) is 16.4 Å². The summed E-state index contributed by atoms with van der Waals surface area (Å²) < 4.78 is 40.6. The molecule has 0 saturated carbocycles. The van der Waals surface area contributed by atoms with E-state index in [2.05, 4.69) is 12.2 Å². The fourth-order valence-corrected chi connectivity index (χ4v) is 5.64. The van der Waals surface area contributed by atoms with Crippen LogP contribution in [0.4, 0.5) is 0 Å². The van der Waals surface area contributed by atoms with E-state index in [0.717, 1.165) is 37.9 Å². The molecule has 0 aromatic heterocycles. The summed E-state index contributed by atoms with van der Waals surface area (Å²) in [5.41, 5.74) is 1.12. The van der Waals surface area contributed by atoms with Crippen molar-refractivity contribution in [1.29, 1.82) is 0 Å². The lowest BCUT2D eigenvalue weighted by Gasteiger charge is -2.37. The van der Waals surface area contributed by atoms with Gasteiger partial charge in [0, 0.05) is 6.04 Å². The van der Waals surface area contributed by atoms with Gasteiger partial charge in [-0.05, 0) is 62.2 Å². The minimum atomic E-state index is -3.63. The SMILES string of the molecule is CCc1ccc(S(=O)(=O)N(CC2COc3ccccc3O2)C2CCNCC2)cc1. The Hall–Kier alpha value is -2.09. The smallest absolute Gasteiger partial charge is 0.243 e. The van der Waals surface area contributed by atoms with Crippen molar-refractivity contribution in [2.45, 2.75) is 43.2 Å². The molecule has 1 atom stereocenters. The number of ether oxygens (including phenoxy) is 2. The van der Waals surface area contributed by atoms with Crippen molar-refractivity contribution >= 4 is 10.0 Å². The van der Waals surface area contributed by atoms with Crippen LogP contribution in [0.2, 0.25) is 0 Å². The highest BCUT2D eigenvalue weighted by Gasteiger charge is 2.36. The predicted octanol–water partition coefficient (Wildman–Crippen LogP) is 2.83. The molecule has 0 amide bonds. The Bertz CT molecular complexity index is 924. The van der Waals surface area contributed by atoms with E-state index in [0.29, 0.717) is 23.0 Å². The van der Waals surface area contributed by atoms with Gasteiger partial charge in [0.1, 0.15) is 12.7 Å². The first-order chi connectivity index (χ1) is 14.1. The van der Waals surface area contributed by atoms with E-state index in [9.17, 15) is 8.42 Å². The summed E-state index contributed by atoms with van der Waals surface area (Å²) in [5.74, 6) is 1.37. The van der Waals surface area contributed by atoms with Crippen LogP contribution in [0.25, 0.3) is 0 Å². The molecule has 0 aliphatic carbocycles. The van der Waals surface area contributed by atoms with Crippen LogP contribution in [0.15, 0.2) is 53.4 Å². The number of nitrogens with one attached hydrogen (secondary N) is 1. The van der Waals surface area contributed by atoms with E-state index in [1.807, 2.05) is 36.4 Å². The molecule has 1 fully saturated rings. The maximum Gasteiger partial charge on any atom is 0.243 e. The van der Waals surface area contributed by atoms with E-state index >= 15 is 0 Å². The Morgan fingerprint density at radius 2 is 1.72 bits per heavy atom. The molecular formula is C22H28N2O4S. The number of para-hydroxylation sites is 2. The maximum absolute atomic E-state index is 13.6. The van der Waals surface area contributed by atoms with Crippen LogP contribution in [0.3, 0.4) is 0 Å². The molecule has 6 nitrogen and oxygen atoms in total. The number of aryl methyl sites for hydroxylation is 1. The number of hydrogen-bond acceptors (Lipinski definition) is 5. The van der Waals surface area contributed by atoms with Crippen molar-refractivity contribution in [3.63, 3.8) is 0 Å². The molecule has 2 aromatic carbocycles. The van der Waals surface area contributed by atoms with Gasteiger partial charge in [-0.1, -0.05) is 31.2 Å². The van der Waals surface area contributed by atoms with Gasteiger partial charge in [-0.15, -0.1) is 0 Å². The van der Waals surface area contributed by atoms with Crippen LogP contribution < -0.4 is 14.8 Å². The Morgan fingerprint density at radius 1 is 1.03 bits per heavy atom. The fraction of sp³-hybridized carbons (Fsp3) is 0.455. The standard InChI is InChI=1S/C22H28N2O4S/c1-2-17-7-9-20(10-8-17)29(25,26)24(18-11-13-23-14-12-18)15-19-16-27-21-5-3-4-6-22(21)28-19/h3-10,18-19,23H,2,11-16H2,1H3. The third kappa shape index (κ3) is 4.42. The molecule has 2 aliphatic rings.